The van der Waals surface area contributed by atoms with Gasteiger partial charge in [-0.05, 0) is 60.4 Å². The fourth-order valence-electron chi connectivity index (χ4n) is 4.12. The van der Waals surface area contributed by atoms with Crippen molar-refractivity contribution in [2.75, 3.05) is 16.8 Å². The second-order valence-corrected chi connectivity index (χ2v) is 10.2. The topological polar surface area (TPSA) is 133 Å². The monoisotopic (exact) mass is 507 g/mol. The summed E-state index contributed by atoms with van der Waals surface area (Å²) in [5.41, 5.74) is 2.39. The Morgan fingerprint density at radius 3 is 2.44 bits per heavy atom. The molecule has 3 N–H and O–H groups in total. The van der Waals surface area contributed by atoms with E-state index in [0.717, 1.165) is 11.1 Å². The molecule has 3 aromatic rings. The van der Waals surface area contributed by atoms with Gasteiger partial charge in [0.1, 0.15) is 6.04 Å². The van der Waals surface area contributed by atoms with E-state index in [4.69, 9.17) is 0 Å². The van der Waals surface area contributed by atoms with Crippen molar-refractivity contribution in [2.45, 2.75) is 30.7 Å². The zero-order valence-electron chi connectivity index (χ0n) is 19.5. The van der Waals surface area contributed by atoms with Gasteiger partial charge in [-0.2, -0.15) is 4.72 Å². The van der Waals surface area contributed by atoms with Crippen molar-refractivity contribution in [1.82, 2.24) is 4.72 Å². The van der Waals surface area contributed by atoms with Crippen molar-refractivity contribution in [1.29, 1.82) is 0 Å². The number of carboxylic acids is 1. The van der Waals surface area contributed by atoms with Crippen molar-refractivity contribution < 1.29 is 27.9 Å². The molecule has 0 saturated carbocycles. The smallest absolute Gasteiger partial charge is 0.335 e. The van der Waals surface area contributed by atoms with Crippen LogP contribution in [-0.4, -0.2) is 43.9 Å². The van der Waals surface area contributed by atoms with E-state index >= 15 is 0 Å². The lowest BCUT2D eigenvalue weighted by molar-refractivity contribution is -0.118. The van der Waals surface area contributed by atoms with E-state index in [1.165, 1.54) is 43.3 Å². The minimum absolute atomic E-state index is 0.00858. The van der Waals surface area contributed by atoms with E-state index in [2.05, 4.69) is 10.0 Å². The maximum Gasteiger partial charge on any atom is 0.335 e. The maximum atomic E-state index is 13.3. The highest BCUT2D eigenvalue weighted by molar-refractivity contribution is 7.89. The average Bonchev–Trinajstić information content (AvgIpc) is 3.28. The molecule has 1 aliphatic heterocycles. The maximum absolute atomic E-state index is 13.3. The Labute approximate surface area is 208 Å². The third-order valence-electron chi connectivity index (χ3n) is 5.91. The van der Waals surface area contributed by atoms with Gasteiger partial charge in [0, 0.05) is 24.8 Å². The molecule has 0 fully saturated rings. The number of carbonyl (C=O) groups excluding carboxylic acids is 2. The molecule has 1 atom stereocenters. The van der Waals surface area contributed by atoms with Crippen LogP contribution in [0, 0.1) is 0 Å². The molecule has 3 aromatic carbocycles. The molecular formula is C26H25N3O6S. The summed E-state index contributed by atoms with van der Waals surface area (Å²) < 4.78 is 29.1. The predicted molar refractivity (Wildman–Crippen MR) is 134 cm³/mol. The summed E-state index contributed by atoms with van der Waals surface area (Å²) in [6.07, 6.45) is 0.611. The highest BCUT2D eigenvalue weighted by Crippen LogP contribution is 2.30. The molecule has 0 saturated heterocycles. The van der Waals surface area contributed by atoms with E-state index in [9.17, 15) is 27.9 Å². The quantitative estimate of drug-likeness (QED) is 0.430. The number of sulfonamides is 1. The molecule has 1 unspecified atom stereocenters. The van der Waals surface area contributed by atoms with Gasteiger partial charge in [0.15, 0.2) is 0 Å². The number of aromatic carboxylic acids is 1. The van der Waals surface area contributed by atoms with Gasteiger partial charge in [0.2, 0.25) is 21.8 Å². The Hall–Kier alpha value is -4.02. The first-order valence-electron chi connectivity index (χ1n) is 11.3. The summed E-state index contributed by atoms with van der Waals surface area (Å²) in [6, 6.07) is 18.0. The van der Waals surface area contributed by atoms with E-state index < -0.39 is 27.9 Å². The first kappa shape index (κ1) is 25.1. The third-order valence-corrected chi connectivity index (χ3v) is 7.38. The second kappa shape index (κ2) is 10.3. The van der Waals surface area contributed by atoms with E-state index in [1.54, 1.807) is 35.2 Å². The molecule has 0 aliphatic carbocycles. The summed E-state index contributed by atoms with van der Waals surface area (Å²) in [6.45, 7) is 1.94. The summed E-state index contributed by atoms with van der Waals surface area (Å²) >= 11 is 0. The van der Waals surface area contributed by atoms with Gasteiger partial charge in [-0.1, -0.05) is 36.4 Å². The number of anilines is 2. The molecule has 0 bridgehead atoms. The lowest BCUT2D eigenvalue weighted by Crippen LogP contribution is -2.45. The molecule has 1 heterocycles. The number of carboxylic acid groups (broad SMARTS) is 1. The van der Waals surface area contributed by atoms with Gasteiger partial charge in [0.05, 0.1) is 10.5 Å². The third kappa shape index (κ3) is 5.61. The van der Waals surface area contributed by atoms with Gasteiger partial charge in [-0.15, -0.1) is 0 Å². The van der Waals surface area contributed by atoms with Gasteiger partial charge in [-0.3, -0.25) is 9.59 Å². The first-order chi connectivity index (χ1) is 17.1. The molecule has 0 radical (unpaired) electrons. The molecule has 2 amide bonds. The van der Waals surface area contributed by atoms with Crippen LogP contribution in [0.1, 0.15) is 28.4 Å². The number of benzene rings is 3. The standard InChI is InChI=1S/C26H25N3O6S/c1-17(30)29-13-12-19-16-22(10-11-24(19)29)36(34,35)28-23(14-18-6-3-2-4-7-18)25(31)27-21-9-5-8-20(15-21)26(32)33/h2-11,15-16,23,28H,12-14H2,1H3,(H,27,31)(H,32,33). The first-order valence-corrected chi connectivity index (χ1v) is 12.7. The Bertz CT molecular complexity index is 1420. The van der Waals surface area contributed by atoms with Crippen LogP contribution in [0.4, 0.5) is 11.4 Å². The Morgan fingerprint density at radius 1 is 1.00 bits per heavy atom. The molecule has 10 heteroatoms. The SMILES string of the molecule is CC(=O)N1CCc2cc(S(=O)(=O)NC(Cc3ccccc3)C(=O)Nc3cccc(C(=O)O)c3)ccc21. The normalized spacial score (nSPS) is 13.6. The van der Waals surface area contributed by atoms with E-state index in [1.807, 2.05) is 6.07 Å². The molecule has 36 heavy (non-hydrogen) atoms. The largest absolute Gasteiger partial charge is 0.478 e. The number of nitrogens with zero attached hydrogens (tertiary/aromatic N) is 1. The number of amides is 2. The van der Waals surface area contributed by atoms with Crippen LogP contribution in [0.15, 0.2) is 77.7 Å². The van der Waals surface area contributed by atoms with Crippen molar-refractivity contribution >= 4 is 39.2 Å². The number of carbonyl (C=O) groups is 3. The van der Waals surface area contributed by atoms with E-state index in [0.29, 0.717) is 18.7 Å². The zero-order valence-corrected chi connectivity index (χ0v) is 20.3. The van der Waals surface area contributed by atoms with Gasteiger partial charge in [0.25, 0.3) is 0 Å². The second-order valence-electron chi connectivity index (χ2n) is 8.45. The minimum Gasteiger partial charge on any atom is -0.478 e. The highest BCUT2D eigenvalue weighted by Gasteiger charge is 2.29. The van der Waals surface area contributed by atoms with Crippen LogP contribution < -0.4 is 14.9 Å². The minimum atomic E-state index is -4.11. The van der Waals surface area contributed by atoms with Crippen LogP contribution >= 0.6 is 0 Å². The Morgan fingerprint density at radius 2 is 1.75 bits per heavy atom. The fourth-order valence-corrected chi connectivity index (χ4v) is 5.37. The van der Waals surface area contributed by atoms with Crippen molar-refractivity contribution in [3.63, 3.8) is 0 Å². The average molecular weight is 508 g/mol. The number of nitrogens with one attached hydrogen (secondary N) is 2. The molecule has 4 rings (SSSR count). The molecule has 186 valence electrons. The number of hydrogen-bond donors (Lipinski definition) is 3. The van der Waals surface area contributed by atoms with Crippen LogP contribution in [0.5, 0.6) is 0 Å². The Balaban J connectivity index is 1.60. The number of hydrogen-bond acceptors (Lipinski definition) is 5. The molecule has 1 aliphatic rings. The molecular weight excluding hydrogens is 482 g/mol. The zero-order chi connectivity index (χ0) is 25.9. The van der Waals surface area contributed by atoms with Gasteiger partial charge in [-0.25, -0.2) is 13.2 Å². The fraction of sp³-hybridized carbons (Fsp3) is 0.192. The highest BCUT2D eigenvalue weighted by atomic mass is 32.2. The Kier molecular flexibility index (Phi) is 7.18. The summed E-state index contributed by atoms with van der Waals surface area (Å²) in [4.78, 5) is 37.8. The summed E-state index contributed by atoms with van der Waals surface area (Å²) in [5.74, 6) is -1.89. The van der Waals surface area contributed by atoms with Crippen LogP contribution in [-0.2, 0) is 32.5 Å². The summed E-state index contributed by atoms with van der Waals surface area (Å²) in [5, 5.41) is 11.8. The molecule has 0 aromatic heterocycles. The van der Waals surface area contributed by atoms with Crippen molar-refractivity contribution in [3.8, 4) is 0 Å². The van der Waals surface area contributed by atoms with Crippen LogP contribution in [0.25, 0.3) is 0 Å². The summed E-state index contributed by atoms with van der Waals surface area (Å²) in [7, 11) is -4.11. The molecule has 0 spiro atoms. The van der Waals surface area contributed by atoms with Gasteiger partial charge >= 0.3 is 5.97 Å². The lowest BCUT2D eigenvalue weighted by Gasteiger charge is -2.20. The van der Waals surface area contributed by atoms with Gasteiger partial charge < -0.3 is 15.3 Å². The van der Waals surface area contributed by atoms with Crippen molar-refractivity contribution in [2.24, 2.45) is 0 Å². The van der Waals surface area contributed by atoms with E-state index in [-0.39, 0.29) is 28.5 Å². The van der Waals surface area contributed by atoms with Crippen molar-refractivity contribution in [3.05, 3.63) is 89.5 Å². The predicted octanol–water partition coefficient (Wildman–Crippen LogP) is 2.82. The van der Waals surface area contributed by atoms with Crippen LogP contribution in [0.3, 0.4) is 0 Å². The number of fused-ring (bicyclic) bond motifs is 1. The number of rotatable bonds is 8. The van der Waals surface area contributed by atoms with Crippen LogP contribution in [0.2, 0.25) is 0 Å². The lowest BCUT2D eigenvalue weighted by atomic mass is 10.1. The molecule has 9 nitrogen and oxygen atoms in total.